The molecule has 0 aliphatic carbocycles. The smallest absolute Gasteiger partial charge is 0.225 e. The molecular weight excluding hydrogens is 104 g/mol. The first-order valence-corrected chi connectivity index (χ1v) is 2.02. The van der Waals surface area contributed by atoms with Crippen molar-refractivity contribution in [2.24, 2.45) is 0 Å². The van der Waals surface area contributed by atoms with E-state index in [4.69, 9.17) is 0 Å². The first-order chi connectivity index (χ1) is 3.81. The highest BCUT2D eigenvalue weighted by Crippen LogP contribution is 1.73. The van der Waals surface area contributed by atoms with Gasteiger partial charge < -0.3 is 0 Å². The average Bonchev–Trinajstić information content (AvgIpc) is 1.83. The van der Waals surface area contributed by atoms with Gasteiger partial charge in [-0.1, -0.05) is 6.58 Å². The lowest BCUT2D eigenvalue weighted by molar-refractivity contribution is -0.110. The van der Waals surface area contributed by atoms with Crippen LogP contribution in [-0.4, -0.2) is 12.1 Å². The van der Waals surface area contributed by atoms with Crippen molar-refractivity contribution >= 4 is 12.1 Å². The quantitative estimate of drug-likeness (QED) is 0.492. The van der Waals surface area contributed by atoms with E-state index in [0.29, 0.717) is 0 Å². The molecule has 0 aromatic carbocycles. The Morgan fingerprint density at radius 1 is 1.62 bits per heavy atom. The third kappa shape index (κ3) is 3.03. The van der Waals surface area contributed by atoms with E-state index in [1.807, 2.05) is 0 Å². The lowest BCUT2D eigenvalue weighted by atomic mass is 10.3. The van der Waals surface area contributed by atoms with Crippen LogP contribution in [0.15, 0.2) is 24.8 Å². The maximum Gasteiger partial charge on any atom is 0.225 e. The fourth-order valence-corrected chi connectivity index (χ4v) is 0.184. The molecule has 0 N–H and O–H groups in total. The van der Waals surface area contributed by atoms with Crippen molar-refractivity contribution in [2.75, 3.05) is 0 Å². The first-order valence-electron chi connectivity index (χ1n) is 2.02. The second kappa shape index (κ2) is 3.99. The SMILES string of the molecule is C=CC(=O)C=C[C]=O. The van der Waals surface area contributed by atoms with Crippen LogP contribution in [0.4, 0.5) is 0 Å². The number of carbonyl (C=O) groups excluding carboxylic acids is 2. The van der Waals surface area contributed by atoms with E-state index in [1.54, 1.807) is 0 Å². The predicted octanol–water partition coefficient (Wildman–Crippen LogP) is 0.407. The molecule has 0 saturated heterocycles. The fraction of sp³-hybridized carbons (Fsp3) is 0. The van der Waals surface area contributed by atoms with Gasteiger partial charge in [0.25, 0.3) is 0 Å². The van der Waals surface area contributed by atoms with Gasteiger partial charge >= 0.3 is 0 Å². The van der Waals surface area contributed by atoms with Gasteiger partial charge in [0.05, 0.1) is 0 Å². The van der Waals surface area contributed by atoms with Gasteiger partial charge in [0.2, 0.25) is 6.29 Å². The van der Waals surface area contributed by atoms with Gasteiger partial charge in [0, 0.05) is 0 Å². The molecule has 0 spiro atoms. The van der Waals surface area contributed by atoms with E-state index in [9.17, 15) is 9.59 Å². The summed E-state index contributed by atoms with van der Waals surface area (Å²) in [7, 11) is 0. The highest BCUT2D eigenvalue weighted by atomic mass is 16.1. The fourth-order valence-electron chi connectivity index (χ4n) is 0.184. The summed E-state index contributed by atoms with van der Waals surface area (Å²) < 4.78 is 0. The van der Waals surface area contributed by atoms with Gasteiger partial charge in [-0.3, -0.25) is 9.59 Å². The molecule has 2 nitrogen and oxygen atoms in total. The molecule has 0 heterocycles. The molecule has 41 valence electrons. The monoisotopic (exact) mass is 109 g/mol. The topological polar surface area (TPSA) is 34.1 Å². The summed E-state index contributed by atoms with van der Waals surface area (Å²) in [5, 5.41) is 0. The number of allylic oxidation sites excluding steroid dienone is 3. The van der Waals surface area contributed by atoms with Gasteiger partial charge in [0.1, 0.15) is 0 Å². The zero-order chi connectivity index (χ0) is 6.41. The largest absolute Gasteiger partial charge is 0.290 e. The van der Waals surface area contributed by atoms with Crippen LogP contribution < -0.4 is 0 Å². The highest BCUT2D eigenvalue weighted by molar-refractivity contribution is 6.00. The van der Waals surface area contributed by atoms with E-state index in [1.165, 1.54) is 6.29 Å². The van der Waals surface area contributed by atoms with Gasteiger partial charge in [-0.15, -0.1) is 0 Å². The van der Waals surface area contributed by atoms with E-state index < -0.39 is 0 Å². The van der Waals surface area contributed by atoms with Crippen molar-refractivity contribution in [3.63, 3.8) is 0 Å². The molecule has 0 bridgehead atoms. The Labute approximate surface area is 47.5 Å². The third-order valence-corrected chi connectivity index (χ3v) is 0.517. The van der Waals surface area contributed by atoms with Gasteiger partial charge in [-0.25, -0.2) is 0 Å². The molecule has 0 aliphatic rings. The van der Waals surface area contributed by atoms with Gasteiger partial charge in [0.15, 0.2) is 5.78 Å². The molecule has 1 radical (unpaired) electrons. The summed E-state index contributed by atoms with van der Waals surface area (Å²) in [6.07, 6.45) is 4.65. The minimum Gasteiger partial charge on any atom is -0.290 e. The third-order valence-electron chi connectivity index (χ3n) is 0.517. The molecular formula is C6H5O2. The number of hydrogen-bond donors (Lipinski definition) is 0. The predicted molar refractivity (Wildman–Crippen MR) is 30.0 cm³/mol. The van der Waals surface area contributed by atoms with Crippen molar-refractivity contribution in [2.45, 2.75) is 0 Å². The first kappa shape index (κ1) is 6.82. The van der Waals surface area contributed by atoms with Crippen LogP contribution in [0.3, 0.4) is 0 Å². The Kier molecular flexibility index (Phi) is 3.40. The molecule has 0 rings (SSSR count). The minimum absolute atomic E-state index is 0.284. The molecule has 0 unspecified atom stereocenters. The van der Waals surface area contributed by atoms with Crippen LogP contribution >= 0.6 is 0 Å². The molecule has 0 aromatic heterocycles. The normalized spacial score (nSPS) is 9.00. The number of hydrogen-bond acceptors (Lipinski definition) is 2. The second-order valence-corrected chi connectivity index (χ2v) is 1.06. The molecule has 0 aliphatic heterocycles. The van der Waals surface area contributed by atoms with Crippen LogP contribution in [0.5, 0.6) is 0 Å². The summed E-state index contributed by atoms with van der Waals surface area (Å²) in [4.78, 5) is 19.6. The van der Waals surface area contributed by atoms with Crippen LogP contribution in [0.25, 0.3) is 0 Å². The molecule has 8 heavy (non-hydrogen) atoms. The Hall–Kier alpha value is -1.18. The highest BCUT2D eigenvalue weighted by Gasteiger charge is 1.81. The number of ketones is 1. The number of rotatable bonds is 3. The summed E-state index contributed by atoms with van der Waals surface area (Å²) in [5.41, 5.74) is 0. The Morgan fingerprint density at radius 3 is 2.62 bits per heavy atom. The zero-order valence-corrected chi connectivity index (χ0v) is 4.26. The van der Waals surface area contributed by atoms with Crippen molar-refractivity contribution in [1.82, 2.24) is 0 Å². The van der Waals surface area contributed by atoms with Crippen molar-refractivity contribution in [1.29, 1.82) is 0 Å². The van der Waals surface area contributed by atoms with Crippen molar-refractivity contribution in [3.8, 4) is 0 Å². The summed E-state index contributed by atoms with van der Waals surface area (Å²) in [6, 6.07) is 0. The molecule has 0 amide bonds. The molecule has 0 atom stereocenters. The maximum absolute atomic E-state index is 10.2. The summed E-state index contributed by atoms with van der Waals surface area (Å²) in [5.74, 6) is -0.284. The van der Waals surface area contributed by atoms with Crippen LogP contribution in [0, 0.1) is 0 Å². The van der Waals surface area contributed by atoms with Crippen molar-refractivity contribution < 1.29 is 9.59 Å². The average molecular weight is 109 g/mol. The molecule has 2 heteroatoms. The van der Waals surface area contributed by atoms with Crippen LogP contribution in [0.1, 0.15) is 0 Å². The lowest BCUT2D eigenvalue weighted by Gasteiger charge is -1.71. The van der Waals surface area contributed by atoms with Gasteiger partial charge in [-0.2, -0.15) is 0 Å². The summed E-state index contributed by atoms with van der Waals surface area (Å²) in [6.45, 7) is 3.18. The molecule has 0 fully saturated rings. The van der Waals surface area contributed by atoms with E-state index >= 15 is 0 Å². The van der Waals surface area contributed by atoms with E-state index in [2.05, 4.69) is 6.58 Å². The van der Waals surface area contributed by atoms with Crippen molar-refractivity contribution in [3.05, 3.63) is 24.8 Å². The minimum atomic E-state index is -0.284. The second-order valence-electron chi connectivity index (χ2n) is 1.06. The van der Waals surface area contributed by atoms with Crippen LogP contribution in [0.2, 0.25) is 0 Å². The Bertz CT molecular complexity index is 133. The standard InChI is InChI=1S/C6H5O2/c1-2-6(8)4-3-5-7/h2-4H,1H2. The lowest BCUT2D eigenvalue weighted by Crippen LogP contribution is -1.81. The zero-order valence-electron chi connectivity index (χ0n) is 4.26. The summed E-state index contributed by atoms with van der Waals surface area (Å²) >= 11 is 0. The van der Waals surface area contributed by atoms with Crippen LogP contribution in [-0.2, 0) is 9.59 Å². The number of carbonyl (C=O) groups is 1. The van der Waals surface area contributed by atoms with E-state index in [0.717, 1.165) is 18.2 Å². The van der Waals surface area contributed by atoms with Gasteiger partial charge in [-0.05, 0) is 18.2 Å². The molecule has 0 saturated carbocycles. The Morgan fingerprint density at radius 2 is 2.25 bits per heavy atom. The Balaban J connectivity index is 3.69. The molecule has 0 aromatic rings. The van der Waals surface area contributed by atoms with E-state index in [-0.39, 0.29) is 5.78 Å². The maximum atomic E-state index is 10.2.